The van der Waals surface area contributed by atoms with Gasteiger partial charge in [-0.15, -0.1) is 0 Å². The fraction of sp³-hybridized carbons (Fsp3) is 0.667. The first-order valence-electron chi connectivity index (χ1n) is 4.55. The van der Waals surface area contributed by atoms with Gasteiger partial charge in [0.05, 0.1) is 13.7 Å². The number of hydrogen-bond acceptors (Lipinski definition) is 5. The molecule has 5 heteroatoms. The van der Waals surface area contributed by atoms with Crippen LogP contribution in [-0.4, -0.2) is 29.2 Å². The van der Waals surface area contributed by atoms with Crippen molar-refractivity contribution in [3.05, 3.63) is 10.9 Å². The molecule has 1 rings (SSSR count). The summed E-state index contributed by atoms with van der Waals surface area (Å²) in [6.07, 6.45) is 0. The topological polar surface area (TPSA) is 54.4 Å². The molecule has 80 valence electrons. The Bertz CT molecular complexity index is 278. The molecule has 2 N–H and O–H groups in total. The predicted octanol–water partition coefficient (Wildman–Crippen LogP) is 1.18. The van der Waals surface area contributed by atoms with Gasteiger partial charge in [-0.25, -0.2) is 0 Å². The van der Waals surface area contributed by atoms with E-state index in [4.69, 9.17) is 9.84 Å². The number of hydrogen-bond donors (Lipinski definition) is 2. The van der Waals surface area contributed by atoms with Gasteiger partial charge in [-0.1, -0.05) is 0 Å². The summed E-state index contributed by atoms with van der Waals surface area (Å²) in [5.74, 6) is 0.648. The molecule has 1 aromatic heterocycles. The molecule has 0 aliphatic carbocycles. The second kappa shape index (κ2) is 5.29. The monoisotopic (exact) mass is 216 g/mol. The lowest BCUT2D eigenvalue weighted by atomic mass is 10.2. The maximum atomic E-state index is 8.88. The van der Waals surface area contributed by atoms with Gasteiger partial charge in [0.1, 0.15) is 0 Å². The number of methoxy groups -OCH3 is 1. The summed E-state index contributed by atoms with van der Waals surface area (Å²) in [5, 5.41) is 12.1. The Morgan fingerprint density at radius 1 is 1.64 bits per heavy atom. The summed E-state index contributed by atoms with van der Waals surface area (Å²) in [6.45, 7) is 4.12. The highest BCUT2D eigenvalue weighted by Gasteiger charge is 2.12. The number of aliphatic hydroxyl groups is 1. The second-order valence-electron chi connectivity index (χ2n) is 3.24. The van der Waals surface area contributed by atoms with Crippen LogP contribution in [0.3, 0.4) is 0 Å². The van der Waals surface area contributed by atoms with Crippen LogP contribution in [0.25, 0.3) is 0 Å². The van der Waals surface area contributed by atoms with Crippen LogP contribution in [0.15, 0.2) is 6.07 Å². The zero-order valence-corrected chi connectivity index (χ0v) is 9.47. The third kappa shape index (κ3) is 2.94. The average molecular weight is 216 g/mol. The Morgan fingerprint density at radius 2 is 2.36 bits per heavy atom. The first kappa shape index (κ1) is 11.4. The Hall–Kier alpha value is -0.650. The van der Waals surface area contributed by atoms with Crippen molar-refractivity contribution < 1.29 is 9.84 Å². The highest BCUT2D eigenvalue weighted by atomic mass is 32.1. The number of aromatic nitrogens is 1. The van der Waals surface area contributed by atoms with Gasteiger partial charge in [-0.05, 0) is 25.4 Å². The van der Waals surface area contributed by atoms with E-state index in [0.29, 0.717) is 5.88 Å². The maximum absolute atomic E-state index is 8.88. The van der Waals surface area contributed by atoms with E-state index in [-0.39, 0.29) is 18.7 Å². The number of nitrogens with zero attached hydrogens (tertiary/aromatic N) is 1. The van der Waals surface area contributed by atoms with E-state index in [9.17, 15) is 0 Å². The summed E-state index contributed by atoms with van der Waals surface area (Å²) in [6, 6.07) is 2.20. The van der Waals surface area contributed by atoms with Crippen LogP contribution < -0.4 is 10.1 Å². The van der Waals surface area contributed by atoms with E-state index in [0.717, 1.165) is 4.88 Å². The van der Waals surface area contributed by atoms with Crippen LogP contribution in [0.1, 0.15) is 24.8 Å². The highest BCUT2D eigenvalue weighted by Crippen LogP contribution is 2.22. The molecule has 0 aliphatic heterocycles. The van der Waals surface area contributed by atoms with Gasteiger partial charge in [-0.2, -0.15) is 4.37 Å². The molecular formula is C9H16N2O2S. The maximum Gasteiger partial charge on any atom is 0.225 e. The van der Waals surface area contributed by atoms with Crippen LogP contribution in [0, 0.1) is 0 Å². The van der Waals surface area contributed by atoms with Gasteiger partial charge in [0.15, 0.2) is 0 Å². The average Bonchev–Trinajstić information content (AvgIpc) is 2.65. The third-order valence-electron chi connectivity index (χ3n) is 1.95. The quantitative estimate of drug-likeness (QED) is 0.776. The molecule has 0 amide bonds. The van der Waals surface area contributed by atoms with E-state index in [1.165, 1.54) is 11.5 Å². The lowest BCUT2D eigenvalue weighted by Crippen LogP contribution is -2.31. The number of ether oxygens (including phenoxy) is 1. The second-order valence-corrected chi connectivity index (χ2v) is 4.08. The van der Waals surface area contributed by atoms with Crippen molar-refractivity contribution >= 4 is 11.5 Å². The van der Waals surface area contributed by atoms with Gasteiger partial charge < -0.3 is 15.2 Å². The van der Waals surface area contributed by atoms with Crippen molar-refractivity contribution in [2.75, 3.05) is 13.7 Å². The predicted molar refractivity (Wildman–Crippen MR) is 56.8 cm³/mol. The summed E-state index contributed by atoms with van der Waals surface area (Å²) in [7, 11) is 1.60. The fourth-order valence-electron chi connectivity index (χ4n) is 1.13. The van der Waals surface area contributed by atoms with Crippen molar-refractivity contribution in [2.24, 2.45) is 0 Å². The van der Waals surface area contributed by atoms with Crippen LogP contribution >= 0.6 is 11.5 Å². The molecule has 0 radical (unpaired) electrons. The van der Waals surface area contributed by atoms with E-state index in [1.807, 2.05) is 19.9 Å². The molecule has 0 spiro atoms. The van der Waals surface area contributed by atoms with Crippen LogP contribution in [0.5, 0.6) is 5.88 Å². The number of nitrogens with one attached hydrogen (secondary N) is 1. The van der Waals surface area contributed by atoms with E-state index in [2.05, 4.69) is 9.69 Å². The smallest absolute Gasteiger partial charge is 0.225 e. The summed E-state index contributed by atoms with van der Waals surface area (Å²) in [4.78, 5) is 1.11. The molecule has 4 nitrogen and oxygen atoms in total. The Morgan fingerprint density at radius 3 is 2.86 bits per heavy atom. The molecule has 14 heavy (non-hydrogen) atoms. The SMILES string of the molecule is COc1cc(C(C)NC(C)CO)sn1. The van der Waals surface area contributed by atoms with Gasteiger partial charge in [-0.3, -0.25) is 0 Å². The minimum atomic E-state index is 0.0955. The first-order chi connectivity index (χ1) is 6.67. The summed E-state index contributed by atoms with van der Waals surface area (Å²) < 4.78 is 9.10. The lowest BCUT2D eigenvalue weighted by Gasteiger charge is -2.16. The largest absolute Gasteiger partial charge is 0.480 e. The number of aliphatic hydroxyl groups excluding tert-OH is 1. The van der Waals surface area contributed by atoms with E-state index < -0.39 is 0 Å². The van der Waals surface area contributed by atoms with Crippen LogP contribution in [-0.2, 0) is 0 Å². The van der Waals surface area contributed by atoms with Crippen molar-refractivity contribution in [1.29, 1.82) is 0 Å². The molecule has 1 heterocycles. The normalized spacial score (nSPS) is 15.1. The summed E-state index contributed by atoms with van der Waals surface area (Å²) >= 11 is 1.42. The molecule has 0 aromatic carbocycles. The fourth-order valence-corrected chi connectivity index (χ4v) is 1.84. The lowest BCUT2D eigenvalue weighted by molar-refractivity contribution is 0.243. The molecule has 2 unspecified atom stereocenters. The minimum absolute atomic E-state index is 0.0955. The third-order valence-corrected chi connectivity index (χ3v) is 2.90. The number of rotatable bonds is 5. The molecule has 2 atom stereocenters. The van der Waals surface area contributed by atoms with Crippen molar-refractivity contribution in [3.63, 3.8) is 0 Å². The molecular weight excluding hydrogens is 200 g/mol. The van der Waals surface area contributed by atoms with E-state index in [1.54, 1.807) is 7.11 Å². The zero-order valence-electron chi connectivity index (χ0n) is 8.65. The minimum Gasteiger partial charge on any atom is -0.480 e. The van der Waals surface area contributed by atoms with E-state index >= 15 is 0 Å². The molecule has 0 fully saturated rings. The zero-order chi connectivity index (χ0) is 10.6. The van der Waals surface area contributed by atoms with Crippen molar-refractivity contribution in [1.82, 2.24) is 9.69 Å². The summed E-state index contributed by atoms with van der Waals surface area (Å²) in [5.41, 5.74) is 0. The molecule has 0 aliphatic rings. The Kier molecular flexibility index (Phi) is 4.31. The van der Waals surface area contributed by atoms with Gasteiger partial charge in [0.25, 0.3) is 0 Å². The first-order valence-corrected chi connectivity index (χ1v) is 5.32. The molecule has 0 bridgehead atoms. The van der Waals surface area contributed by atoms with Crippen molar-refractivity contribution in [3.8, 4) is 5.88 Å². The highest BCUT2D eigenvalue weighted by molar-refractivity contribution is 7.06. The van der Waals surface area contributed by atoms with Gasteiger partial charge >= 0.3 is 0 Å². The molecule has 0 saturated carbocycles. The van der Waals surface area contributed by atoms with Crippen molar-refractivity contribution in [2.45, 2.75) is 25.9 Å². The Balaban J connectivity index is 2.55. The van der Waals surface area contributed by atoms with Gasteiger partial charge in [0.2, 0.25) is 5.88 Å². The van der Waals surface area contributed by atoms with Crippen LogP contribution in [0.2, 0.25) is 0 Å². The van der Waals surface area contributed by atoms with Crippen LogP contribution in [0.4, 0.5) is 0 Å². The molecule has 0 saturated heterocycles. The Labute approximate surface area is 88.1 Å². The standard InChI is InChI=1S/C9H16N2O2S/c1-6(5-12)10-7(2)8-4-9(13-3)11-14-8/h4,6-7,10,12H,5H2,1-3H3. The molecule has 1 aromatic rings. The van der Waals surface area contributed by atoms with Gasteiger partial charge in [0, 0.05) is 23.0 Å².